The molecule has 5 heteroatoms. The van der Waals surface area contributed by atoms with Gasteiger partial charge >= 0.3 is 5.97 Å². The number of rotatable bonds is 2. The molecule has 84 valence electrons. The molecule has 16 heavy (non-hydrogen) atoms. The van der Waals surface area contributed by atoms with E-state index in [4.69, 9.17) is 0 Å². The molecule has 5 nitrogen and oxygen atoms in total. The van der Waals surface area contributed by atoms with Crippen LogP contribution in [-0.4, -0.2) is 23.7 Å². The second kappa shape index (κ2) is 4.32. The Morgan fingerprint density at radius 1 is 1.38 bits per heavy atom. The average molecular weight is 221 g/mol. The number of esters is 1. The molecule has 1 aromatic carbocycles. The number of hydrogen-bond acceptors (Lipinski definition) is 4. The van der Waals surface area contributed by atoms with Crippen LogP contribution in [0.2, 0.25) is 0 Å². The van der Waals surface area contributed by atoms with Gasteiger partial charge in [-0.15, -0.1) is 0 Å². The molecule has 0 saturated carbocycles. The van der Waals surface area contributed by atoms with Crippen molar-refractivity contribution in [2.24, 2.45) is 5.92 Å². The minimum absolute atomic E-state index is 0.0305. The van der Waals surface area contributed by atoms with Crippen molar-refractivity contribution in [3.63, 3.8) is 0 Å². The maximum Gasteiger partial charge on any atom is 0.306 e. The Labute approximate surface area is 92.2 Å². The highest BCUT2D eigenvalue weighted by Gasteiger charge is 2.33. The predicted molar refractivity (Wildman–Crippen MR) is 54.8 cm³/mol. The van der Waals surface area contributed by atoms with Crippen molar-refractivity contribution >= 4 is 17.6 Å². The monoisotopic (exact) mass is 221 g/mol. The van der Waals surface area contributed by atoms with Gasteiger partial charge in [-0.25, -0.2) is 0 Å². The fourth-order valence-corrected chi connectivity index (χ4v) is 1.54. The first-order valence-electron chi connectivity index (χ1n) is 4.92. The summed E-state index contributed by atoms with van der Waals surface area (Å²) in [4.78, 5) is 22.6. The quantitative estimate of drug-likeness (QED) is 0.459. The fraction of sp³-hybridized carbons (Fsp3) is 0.273. The van der Waals surface area contributed by atoms with Crippen molar-refractivity contribution < 1.29 is 19.5 Å². The number of carbonyl (C=O) groups excluding carboxylic acids is 2. The molecular formula is C11H11NO4. The number of hydroxylamine groups is 1. The Morgan fingerprint density at radius 3 is 2.62 bits per heavy atom. The van der Waals surface area contributed by atoms with Crippen LogP contribution in [0, 0.1) is 5.92 Å². The summed E-state index contributed by atoms with van der Waals surface area (Å²) in [6.45, 7) is 0.0432. The lowest BCUT2D eigenvalue weighted by Gasteiger charge is -2.17. The second-order valence-corrected chi connectivity index (χ2v) is 3.57. The number of hydrogen-bond donors (Lipinski definition) is 1. The van der Waals surface area contributed by atoms with E-state index in [2.05, 4.69) is 4.74 Å². The molecule has 0 radical (unpaired) electrons. The van der Waals surface area contributed by atoms with Gasteiger partial charge in [-0.1, -0.05) is 18.2 Å². The van der Waals surface area contributed by atoms with E-state index in [0.29, 0.717) is 10.8 Å². The summed E-state index contributed by atoms with van der Waals surface area (Å²) in [7, 11) is 0. The summed E-state index contributed by atoms with van der Waals surface area (Å²) in [5.74, 6) is -1.51. The molecule has 0 unspecified atom stereocenters. The molecule has 0 spiro atoms. The van der Waals surface area contributed by atoms with Crippen LogP contribution in [0.4, 0.5) is 5.69 Å². The van der Waals surface area contributed by atoms with Crippen molar-refractivity contribution in [1.82, 2.24) is 0 Å². The number of para-hydroxylation sites is 1. The lowest BCUT2D eigenvalue weighted by molar-refractivity contribution is -0.137. The number of cyclic esters (lactones) is 1. The number of carbonyl (C=O) groups is 2. The highest BCUT2D eigenvalue weighted by molar-refractivity contribution is 5.95. The van der Waals surface area contributed by atoms with Crippen molar-refractivity contribution in [2.75, 3.05) is 11.7 Å². The Bertz CT molecular complexity index is 404. The smallest absolute Gasteiger partial charge is 0.306 e. The van der Waals surface area contributed by atoms with Crippen LogP contribution in [0.25, 0.3) is 0 Å². The molecule has 1 heterocycles. The summed E-state index contributed by atoms with van der Waals surface area (Å²) >= 11 is 0. The molecule has 0 aliphatic carbocycles. The summed E-state index contributed by atoms with van der Waals surface area (Å²) in [5, 5.41) is 10.2. The van der Waals surface area contributed by atoms with Crippen LogP contribution < -0.4 is 5.06 Å². The van der Waals surface area contributed by atoms with Gasteiger partial charge in [-0.2, -0.15) is 5.06 Å². The maximum absolute atomic E-state index is 11.7. The molecule has 0 aromatic heterocycles. The van der Waals surface area contributed by atoms with Crippen LogP contribution >= 0.6 is 0 Å². The molecule has 1 amide bonds. The zero-order chi connectivity index (χ0) is 11.5. The largest absolute Gasteiger partial charge is 0.465 e. The van der Waals surface area contributed by atoms with E-state index in [9.17, 15) is 14.8 Å². The molecule has 2 rings (SSSR count). The fourth-order valence-electron chi connectivity index (χ4n) is 1.54. The lowest BCUT2D eigenvalue weighted by atomic mass is 10.1. The first-order chi connectivity index (χ1) is 7.68. The van der Waals surface area contributed by atoms with Crippen LogP contribution in [0.5, 0.6) is 0 Å². The minimum Gasteiger partial charge on any atom is -0.465 e. The number of benzene rings is 1. The van der Waals surface area contributed by atoms with Gasteiger partial charge in [0.1, 0.15) is 6.61 Å². The molecule has 1 saturated heterocycles. The first-order valence-corrected chi connectivity index (χ1v) is 4.92. The zero-order valence-electron chi connectivity index (χ0n) is 8.50. The minimum atomic E-state index is -0.585. The molecule has 1 aromatic rings. The van der Waals surface area contributed by atoms with Gasteiger partial charge in [-0.05, 0) is 12.1 Å². The van der Waals surface area contributed by atoms with E-state index < -0.39 is 17.8 Å². The van der Waals surface area contributed by atoms with Gasteiger partial charge in [0.25, 0.3) is 5.91 Å². The molecular weight excluding hydrogens is 210 g/mol. The second-order valence-electron chi connectivity index (χ2n) is 3.57. The third-order valence-corrected chi connectivity index (χ3v) is 2.42. The highest BCUT2D eigenvalue weighted by Crippen LogP contribution is 2.20. The first kappa shape index (κ1) is 10.6. The van der Waals surface area contributed by atoms with Crippen molar-refractivity contribution in [2.45, 2.75) is 6.42 Å². The Hall–Kier alpha value is -1.88. The summed E-state index contributed by atoms with van der Waals surface area (Å²) < 4.78 is 4.68. The van der Waals surface area contributed by atoms with Crippen molar-refractivity contribution in [1.29, 1.82) is 0 Å². The zero-order valence-corrected chi connectivity index (χ0v) is 8.50. The Balaban J connectivity index is 2.08. The third-order valence-electron chi connectivity index (χ3n) is 2.42. The summed E-state index contributed by atoms with van der Waals surface area (Å²) in [5.41, 5.74) is 0.381. The molecule has 0 bridgehead atoms. The van der Waals surface area contributed by atoms with E-state index in [1.807, 2.05) is 0 Å². The number of nitrogens with zero attached hydrogens (tertiary/aromatic N) is 1. The van der Waals surface area contributed by atoms with Gasteiger partial charge in [0, 0.05) is 0 Å². The molecule has 1 atom stereocenters. The standard InChI is InChI=1S/C11H11NO4/c13-10-6-8(7-16-10)11(14)12(15)9-4-2-1-3-5-9/h1-5,8,15H,6-7H2/t8-/m1/s1. The topological polar surface area (TPSA) is 66.8 Å². The SMILES string of the molecule is O=C1C[C@@H](C(=O)N(O)c2ccccc2)CO1. The lowest BCUT2D eigenvalue weighted by Crippen LogP contribution is -2.33. The molecule has 1 aliphatic rings. The number of amides is 1. The molecule has 1 aliphatic heterocycles. The van der Waals surface area contributed by atoms with Crippen molar-refractivity contribution in [3.05, 3.63) is 30.3 Å². The van der Waals surface area contributed by atoms with E-state index in [-0.39, 0.29) is 13.0 Å². The Morgan fingerprint density at radius 2 is 2.06 bits per heavy atom. The van der Waals surface area contributed by atoms with Gasteiger partial charge in [-0.3, -0.25) is 14.8 Å². The average Bonchev–Trinajstić information content (AvgIpc) is 2.75. The number of ether oxygens (including phenoxy) is 1. The third kappa shape index (κ3) is 2.04. The van der Waals surface area contributed by atoms with Crippen LogP contribution in [0.3, 0.4) is 0 Å². The van der Waals surface area contributed by atoms with Crippen LogP contribution in [-0.2, 0) is 14.3 Å². The van der Waals surface area contributed by atoms with E-state index >= 15 is 0 Å². The molecule has 1 N–H and O–H groups in total. The van der Waals surface area contributed by atoms with Crippen LogP contribution in [0.1, 0.15) is 6.42 Å². The van der Waals surface area contributed by atoms with Gasteiger partial charge in [0.05, 0.1) is 18.0 Å². The van der Waals surface area contributed by atoms with Gasteiger partial charge in [0.15, 0.2) is 0 Å². The van der Waals surface area contributed by atoms with E-state index in [0.717, 1.165) is 0 Å². The summed E-state index contributed by atoms with van der Waals surface area (Å²) in [6, 6.07) is 8.42. The molecule has 1 fully saturated rings. The van der Waals surface area contributed by atoms with Crippen molar-refractivity contribution in [3.8, 4) is 0 Å². The highest BCUT2D eigenvalue weighted by atomic mass is 16.5. The predicted octanol–water partition coefficient (Wildman–Crippen LogP) is 0.972. The van der Waals surface area contributed by atoms with E-state index in [1.165, 1.54) is 0 Å². The van der Waals surface area contributed by atoms with Crippen LogP contribution in [0.15, 0.2) is 30.3 Å². The maximum atomic E-state index is 11.7. The van der Waals surface area contributed by atoms with E-state index in [1.54, 1.807) is 30.3 Å². The summed E-state index contributed by atoms with van der Waals surface area (Å²) in [6.07, 6.45) is 0.0305. The number of anilines is 1. The van der Waals surface area contributed by atoms with Gasteiger partial charge in [0.2, 0.25) is 0 Å². The van der Waals surface area contributed by atoms with Gasteiger partial charge < -0.3 is 4.74 Å². The Kier molecular flexibility index (Phi) is 2.87. The normalized spacial score (nSPS) is 19.3.